The average molecular weight is 488 g/mol. The number of hydrogen-bond donors (Lipinski definition) is 3. The lowest BCUT2D eigenvalue weighted by molar-refractivity contribution is -0.134. The lowest BCUT2D eigenvalue weighted by Gasteiger charge is -2.64. The Morgan fingerprint density at radius 3 is 2.50 bits per heavy atom. The Bertz CT molecular complexity index is 1320. The molecule has 3 aromatic rings. The van der Waals surface area contributed by atoms with Crippen LogP contribution in [0.3, 0.4) is 0 Å². The zero-order valence-electron chi connectivity index (χ0n) is 20.7. The van der Waals surface area contributed by atoms with E-state index >= 15 is 0 Å². The van der Waals surface area contributed by atoms with E-state index in [2.05, 4.69) is 67.9 Å². The fourth-order valence-electron chi connectivity index (χ4n) is 6.34. The molecule has 3 aliphatic carbocycles. The second kappa shape index (κ2) is 8.89. The third-order valence-electron chi connectivity index (χ3n) is 8.47. The number of carbonyl (C=O) groups is 1. The van der Waals surface area contributed by atoms with Crippen LogP contribution in [0, 0.1) is 11.3 Å². The Morgan fingerprint density at radius 1 is 1.17 bits per heavy atom. The summed E-state index contributed by atoms with van der Waals surface area (Å²) in [5, 5.41) is 3.34. The van der Waals surface area contributed by atoms with Crippen molar-refractivity contribution >= 4 is 23.0 Å². The van der Waals surface area contributed by atoms with Gasteiger partial charge in [-0.15, -0.1) is 0 Å². The smallest absolute Gasteiger partial charge is 0.325 e. The molecule has 36 heavy (non-hydrogen) atoms. The molecule has 2 bridgehead atoms. The fourth-order valence-corrected chi connectivity index (χ4v) is 6.34. The van der Waals surface area contributed by atoms with Gasteiger partial charge >= 0.3 is 5.69 Å². The minimum Gasteiger partial charge on any atom is -0.348 e. The number of aromatic nitrogens is 4. The van der Waals surface area contributed by atoms with Crippen LogP contribution in [0.1, 0.15) is 55.8 Å². The lowest BCUT2D eigenvalue weighted by atomic mass is 9.42. The summed E-state index contributed by atoms with van der Waals surface area (Å²) in [7, 11) is 0. The molecule has 1 aromatic carbocycles. The Morgan fingerprint density at radius 2 is 1.86 bits per heavy atom. The first-order valence-electron chi connectivity index (χ1n) is 12.9. The molecule has 4 fully saturated rings. The molecule has 4 aliphatic rings. The number of piperazine rings is 1. The Kier molecular flexibility index (Phi) is 5.67. The van der Waals surface area contributed by atoms with Gasteiger partial charge in [0.1, 0.15) is 5.52 Å². The SMILES string of the molecule is C=CC(=O)N1CCN([C@H](CC23CC(C2)C3)c2ccc([C@H](C)Nc3ncc4[nH]c(=O)[nH]c4n3)cc2)CC1. The standard InChI is InChI=1S/C27H33N7O2/c1-3-23(35)34-10-8-33(9-11-34)22(15-27-12-18(13-27)14-27)20-6-4-19(5-7-20)17(2)29-25-28-16-21-24(31-25)32-26(36)30-21/h3-7,16-18,22H,1,8-15H2,2H3,(H3,28,29,30,31,32,36)/t17-,18?,22+,27?/m0/s1. The number of fused-ring (bicyclic) bond motifs is 1. The van der Waals surface area contributed by atoms with Crippen LogP contribution in [0.4, 0.5) is 5.95 Å². The number of imidazole rings is 1. The number of H-pyrrole nitrogens is 2. The van der Waals surface area contributed by atoms with E-state index in [1.165, 1.54) is 37.3 Å². The normalized spacial score (nSPS) is 25.0. The fraction of sp³-hybridized carbons (Fsp3) is 0.481. The molecule has 3 saturated carbocycles. The molecule has 1 aliphatic heterocycles. The molecular weight excluding hydrogens is 454 g/mol. The molecule has 0 radical (unpaired) electrons. The first-order valence-corrected chi connectivity index (χ1v) is 12.9. The number of carbonyl (C=O) groups excluding carboxylic acids is 1. The van der Waals surface area contributed by atoms with Gasteiger partial charge in [-0.1, -0.05) is 30.8 Å². The summed E-state index contributed by atoms with van der Waals surface area (Å²) in [5.74, 6) is 1.47. The van der Waals surface area contributed by atoms with Crippen LogP contribution in [0.5, 0.6) is 0 Å². The molecule has 0 unspecified atom stereocenters. The maximum Gasteiger partial charge on any atom is 0.325 e. The highest BCUT2D eigenvalue weighted by molar-refractivity contribution is 5.87. The summed E-state index contributed by atoms with van der Waals surface area (Å²) < 4.78 is 0. The molecule has 7 rings (SSSR count). The van der Waals surface area contributed by atoms with Gasteiger partial charge in [0.2, 0.25) is 11.9 Å². The topological polar surface area (TPSA) is 110 Å². The monoisotopic (exact) mass is 487 g/mol. The number of benzene rings is 1. The van der Waals surface area contributed by atoms with E-state index in [4.69, 9.17) is 0 Å². The summed E-state index contributed by atoms with van der Waals surface area (Å²) in [4.78, 5) is 42.1. The zero-order valence-corrected chi connectivity index (χ0v) is 20.7. The van der Waals surface area contributed by atoms with Crippen molar-refractivity contribution in [2.45, 2.75) is 44.7 Å². The third-order valence-corrected chi connectivity index (χ3v) is 8.47. The first kappa shape index (κ1) is 23.0. The van der Waals surface area contributed by atoms with Crippen molar-refractivity contribution in [2.24, 2.45) is 11.3 Å². The summed E-state index contributed by atoms with van der Waals surface area (Å²) >= 11 is 0. The van der Waals surface area contributed by atoms with Gasteiger partial charge in [0.15, 0.2) is 5.65 Å². The van der Waals surface area contributed by atoms with Gasteiger partial charge in [-0.3, -0.25) is 14.7 Å². The Labute approximate surface area is 210 Å². The van der Waals surface area contributed by atoms with Crippen molar-refractivity contribution in [1.29, 1.82) is 0 Å². The molecule has 2 aromatic heterocycles. The van der Waals surface area contributed by atoms with Crippen molar-refractivity contribution in [2.75, 3.05) is 31.5 Å². The van der Waals surface area contributed by atoms with Crippen LogP contribution < -0.4 is 11.0 Å². The molecule has 9 nitrogen and oxygen atoms in total. The minimum atomic E-state index is -0.290. The van der Waals surface area contributed by atoms with E-state index in [0.29, 0.717) is 28.6 Å². The third kappa shape index (κ3) is 4.21. The molecule has 0 spiro atoms. The van der Waals surface area contributed by atoms with E-state index in [-0.39, 0.29) is 17.6 Å². The molecule has 2 atom stereocenters. The summed E-state index contributed by atoms with van der Waals surface area (Å²) in [6.07, 6.45) is 8.38. The minimum absolute atomic E-state index is 0.00619. The van der Waals surface area contributed by atoms with E-state index in [1.807, 2.05) is 4.90 Å². The van der Waals surface area contributed by atoms with Gasteiger partial charge in [0.05, 0.1) is 12.2 Å². The van der Waals surface area contributed by atoms with Crippen LogP contribution >= 0.6 is 0 Å². The maximum absolute atomic E-state index is 12.1. The van der Waals surface area contributed by atoms with Gasteiger partial charge in [-0.2, -0.15) is 4.98 Å². The predicted molar refractivity (Wildman–Crippen MR) is 138 cm³/mol. The number of hydrogen-bond acceptors (Lipinski definition) is 6. The van der Waals surface area contributed by atoms with Crippen LogP contribution in [-0.2, 0) is 4.79 Å². The Balaban J connectivity index is 1.16. The quantitative estimate of drug-likeness (QED) is 0.420. The predicted octanol–water partition coefficient (Wildman–Crippen LogP) is 3.38. The molecule has 3 heterocycles. The first-order chi connectivity index (χ1) is 17.4. The highest BCUT2D eigenvalue weighted by Gasteiger charge is 2.57. The van der Waals surface area contributed by atoms with Crippen LogP contribution in [-0.4, -0.2) is 61.8 Å². The van der Waals surface area contributed by atoms with Gasteiger partial charge in [-0.25, -0.2) is 9.78 Å². The van der Waals surface area contributed by atoms with Crippen molar-refractivity contribution in [3.05, 3.63) is 64.7 Å². The number of nitrogens with zero attached hydrogens (tertiary/aromatic N) is 4. The van der Waals surface area contributed by atoms with Crippen molar-refractivity contribution < 1.29 is 4.79 Å². The van der Waals surface area contributed by atoms with Gasteiger partial charge in [-0.05, 0) is 61.1 Å². The highest BCUT2D eigenvalue weighted by Crippen LogP contribution is 2.68. The second-order valence-electron chi connectivity index (χ2n) is 10.8. The van der Waals surface area contributed by atoms with Crippen molar-refractivity contribution in [1.82, 2.24) is 29.7 Å². The molecule has 3 N–H and O–H groups in total. The molecule has 1 amide bonds. The molecule has 9 heteroatoms. The largest absolute Gasteiger partial charge is 0.348 e. The molecule has 1 saturated heterocycles. The number of anilines is 1. The van der Waals surface area contributed by atoms with E-state index in [0.717, 1.165) is 37.7 Å². The highest BCUT2D eigenvalue weighted by atomic mass is 16.2. The average Bonchev–Trinajstić information content (AvgIpc) is 3.22. The van der Waals surface area contributed by atoms with Crippen LogP contribution in [0.2, 0.25) is 0 Å². The van der Waals surface area contributed by atoms with Crippen molar-refractivity contribution in [3.8, 4) is 0 Å². The van der Waals surface area contributed by atoms with E-state index in [1.54, 1.807) is 6.20 Å². The van der Waals surface area contributed by atoms with Gasteiger partial charge in [0.25, 0.3) is 0 Å². The van der Waals surface area contributed by atoms with Crippen LogP contribution in [0.25, 0.3) is 11.2 Å². The van der Waals surface area contributed by atoms with E-state index < -0.39 is 0 Å². The number of rotatable bonds is 8. The second-order valence-corrected chi connectivity index (χ2v) is 10.8. The maximum atomic E-state index is 12.1. The molecule has 188 valence electrons. The van der Waals surface area contributed by atoms with Crippen molar-refractivity contribution in [3.63, 3.8) is 0 Å². The van der Waals surface area contributed by atoms with Crippen LogP contribution in [0.15, 0.2) is 47.9 Å². The summed E-state index contributed by atoms with van der Waals surface area (Å²) in [5.41, 5.74) is 3.82. The van der Waals surface area contributed by atoms with Gasteiger partial charge < -0.3 is 15.2 Å². The zero-order chi connectivity index (χ0) is 24.9. The number of amides is 1. The van der Waals surface area contributed by atoms with E-state index in [9.17, 15) is 9.59 Å². The number of aromatic amines is 2. The molecular formula is C27H33N7O2. The summed E-state index contributed by atoms with van der Waals surface area (Å²) in [6.45, 7) is 9.02. The Hall–Kier alpha value is -3.46. The number of nitrogens with one attached hydrogen (secondary N) is 3. The lowest BCUT2D eigenvalue weighted by Crippen LogP contribution is -2.55. The summed E-state index contributed by atoms with van der Waals surface area (Å²) in [6, 6.07) is 9.29. The van der Waals surface area contributed by atoms with Gasteiger partial charge in [0, 0.05) is 32.2 Å².